The van der Waals surface area contributed by atoms with Crippen LogP contribution in [0.15, 0.2) is 18.3 Å². The number of aromatic nitrogens is 1. The summed E-state index contributed by atoms with van der Waals surface area (Å²) in [6.45, 7) is 2.37. The van der Waals surface area contributed by atoms with E-state index in [1.165, 1.54) is 12.3 Å². The molecule has 0 bridgehead atoms. The lowest BCUT2D eigenvalue weighted by atomic mass is 10.2. The number of rotatable bonds is 6. The summed E-state index contributed by atoms with van der Waals surface area (Å²) in [7, 11) is 0. The van der Waals surface area contributed by atoms with Crippen LogP contribution in [0.4, 0.5) is 4.79 Å². The van der Waals surface area contributed by atoms with Crippen LogP contribution in [-0.4, -0.2) is 41.1 Å². The van der Waals surface area contributed by atoms with Crippen molar-refractivity contribution in [1.82, 2.24) is 20.9 Å². The van der Waals surface area contributed by atoms with Crippen LogP contribution in [0.5, 0.6) is 0 Å². The molecule has 1 aromatic rings. The van der Waals surface area contributed by atoms with Gasteiger partial charge in [0.25, 0.3) is 0 Å². The van der Waals surface area contributed by atoms with Crippen molar-refractivity contribution in [2.45, 2.75) is 13.5 Å². The van der Waals surface area contributed by atoms with Crippen LogP contribution in [-0.2, 0) is 11.3 Å². The molecule has 0 saturated heterocycles. The maximum Gasteiger partial charge on any atom is 0.354 e. The summed E-state index contributed by atoms with van der Waals surface area (Å²) in [5.74, 6) is -1.38. The van der Waals surface area contributed by atoms with E-state index in [1.54, 1.807) is 13.0 Å². The van der Waals surface area contributed by atoms with Gasteiger partial charge in [0.2, 0.25) is 5.91 Å². The number of carboxylic acid groups (broad SMARTS) is 1. The molecule has 108 valence electrons. The van der Waals surface area contributed by atoms with Crippen molar-refractivity contribution in [3.63, 3.8) is 0 Å². The summed E-state index contributed by atoms with van der Waals surface area (Å²) < 4.78 is 0. The average molecular weight is 280 g/mol. The van der Waals surface area contributed by atoms with Crippen molar-refractivity contribution in [3.8, 4) is 0 Å². The van der Waals surface area contributed by atoms with Gasteiger partial charge in [-0.05, 0) is 18.6 Å². The predicted octanol–water partition coefficient (Wildman–Crippen LogP) is -0.285. The van der Waals surface area contributed by atoms with Crippen LogP contribution in [0.2, 0.25) is 0 Å². The summed E-state index contributed by atoms with van der Waals surface area (Å²) >= 11 is 0. The minimum absolute atomic E-state index is 0.0607. The third-order valence-electron chi connectivity index (χ3n) is 2.28. The zero-order chi connectivity index (χ0) is 15.0. The van der Waals surface area contributed by atoms with Crippen molar-refractivity contribution in [2.75, 3.05) is 13.1 Å². The van der Waals surface area contributed by atoms with E-state index >= 15 is 0 Å². The fourth-order valence-electron chi connectivity index (χ4n) is 1.32. The smallest absolute Gasteiger partial charge is 0.354 e. The number of nitrogens with zero attached hydrogens (tertiary/aromatic N) is 1. The lowest BCUT2D eigenvalue weighted by Crippen LogP contribution is -2.41. The largest absolute Gasteiger partial charge is 0.477 e. The van der Waals surface area contributed by atoms with Crippen molar-refractivity contribution < 1.29 is 19.5 Å². The molecule has 20 heavy (non-hydrogen) atoms. The standard InChI is InChI=1S/C12H16N4O4/c1-2-13-10(17)7-16-12(20)15-6-8-3-4-9(11(18)19)14-5-8/h3-5H,2,6-7H2,1H3,(H,13,17)(H,18,19)(H2,15,16,20). The fraction of sp³-hybridized carbons (Fsp3) is 0.333. The number of urea groups is 1. The number of carbonyl (C=O) groups is 3. The Kier molecular flexibility index (Phi) is 5.95. The van der Waals surface area contributed by atoms with E-state index in [1.807, 2.05) is 0 Å². The molecule has 1 heterocycles. The van der Waals surface area contributed by atoms with Crippen molar-refractivity contribution in [1.29, 1.82) is 0 Å². The summed E-state index contributed by atoms with van der Waals surface area (Å²) in [4.78, 5) is 36.8. The third kappa shape index (κ3) is 5.34. The van der Waals surface area contributed by atoms with Gasteiger partial charge in [-0.2, -0.15) is 0 Å². The van der Waals surface area contributed by atoms with Crippen LogP contribution in [0.3, 0.4) is 0 Å². The summed E-state index contributed by atoms with van der Waals surface area (Å²) in [5.41, 5.74) is 0.595. The second-order valence-electron chi connectivity index (χ2n) is 3.85. The average Bonchev–Trinajstić information content (AvgIpc) is 2.43. The molecule has 0 aliphatic rings. The first-order valence-corrected chi connectivity index (χ1v) is 5.99. The fourth-order valence-corrected chi connectivity index (χ4v) is 1.32. The Bertz CT molecular complexity index is 487. The van der Waals surface area contributed by atoms with Gasteiger partial charge in [0.1, 0.15) is 5.69 Å². The molecule has 0 unspecified atom stereocenters. The Morgan fingerprint density at radius 2 is 1.95 bits per heavy atom. The summed E-state index contributed by atoms with van der Waals surface area (Å²) in [6, 6.07) is 2.42. The summed E-state index contributed by atoms with van der Waals surface area (Å²) in [6.07, 6.45) is 1.37. The first kappa shape index (κ1) is 15.4. The zero-order valence-electron chi connectivity index (χ0n) is 11.0. The molecular formula is C12H16N4O4. The Labute approximate surface area is 115 Å². The minimum Gasteiger partial charge on any atom is -0.477 e. The van der Waals surface area contributed by atoms with E-state index in [9.17, 15) is 14.4 Å². The van der Waals surface area contributed by atoms with Gasteiger partial charge in [0, 0.05) is 19.3 Å². The second kappa shape index (κ2) is 7.72. The van der Waals surface area contributed by atoms with Crippen LogP contribution < -0.4 is 16.0 Å². The lowest BCUT2D eigenvalue weighted by Gasteiger charge is -2.07. The molecule has 4 N–H and O–H groups in total. The Morgan fingerprint density at radius 3 is 2.50 bits per heavy atom. The maximum atomic E-state index is 11.4. The number of hydrogen-bond donors (Lipinski definition) is 4. The predicted molar refractivity (Wildman–Crippen MR) is 70.1 cm³/mol. The zero-order valence-corrected chi connectivity index (χ0v) is 11.0. The van der Waals surface area contributed by atoms with Gasteiger partial charge in [-0.25, -0.2) is 14.6 Å². The highest BCUT2D eigenvalue weighted by Gasteiger charge is 2.06. The Morgan fingerprint density at radius 1 is 1.20 bits per heavy atom. The maximum absolute atomic E-state index is 11.4. The van der Waals surface area contributed by atoms with Gasteiger partial charge >= 0.3 is 12.0 Å². The van der Waals surface area contributed by atoms with E-state index in [0.29, 0.717) is 12.1 Å². The minimum atomic E-state index is -1.11. The van der Waals surface area contributed by atoms with Gasteiger partial charge in [-0.1, -0.05) is 6.07 Å². The number of likely N-dealkylation sites (N-methyl/N-ethyl adjacent to an activating group) is 1. The van der Waals surface area contributed by atoms with E-state index in [4.69, 9.17) is 5.11 Å². The quantitative estimate of drug-likeness (QED) is 0.571. The number of carbonyl (C=O) groups excluding carboxylic acids is 2. The number of carboxylic acids is 1. The lowest BCUT2D eigenvalue weighted by molar-refractivity contribution is -0.119. The van der Waals surface area contributed by atoms with Crippen LogP contribution in [0.1, 0.15) is 23.0 Å². The number of nitrogens with one attached hydrogen (secondary N) is 3. The SMILES string of the molecule is CCNC(=O)CNC(=O)NCc1ccc(C(=O)O)nc1. The third-order valence-corrected chi connectivity index (χ3v) is 2.28. The molecule has 3 amide bonds. The molecule has 0 aliphatic heterocycles. The molecule has 0 saturated carbocycles. The Hall–Kier alpha value is -2.64. The van der Waals surface area contributed by atoms with Crippen molar-refractivity contribution in [3.05, 3.63) is 29.6 Å². The number of amides is 3. The molecule has 0 spiro atoms. The molecule has 8 nitrogen and oxygen atoms in total. The normalized spacial score (nSPS) is 9.65. The molecule has 0 fully saturated rings. The topological polar surface area (TPSA) is 120 Å². The first-order chi connectivity index (χ1) is 9.52. The molecule has 1 rings (SSSR count). The van der Waals surface area contributed by atoms with Gasteiger partial charge in [-0.15, -0.1) is 0 Å². The monoisotopic (exact) mass is 280 g/mol. The first-order valence-electron chi connectivity index (χ1n) is 5.99. The molecule has 8 heteroatoms. The van der Waals surface area contributed by atoms with E-state index in [2.05, 4.69) is 20.9 Å². The van der Waals surface area contributed by atoms with Crippen LogP contribution in [0.25, 0.3) is 0 Å². The van der Waals surface area contributed by atoms with Gasteiger partial charge in [0.15, 0.2) is 0 Å². The highest BCUT2D eigenvalue weighted by atomic mass is 16.4. The Balaban J connectivity index is 2.33. The summed E-state index contributed by atoms with van der Waals surface area (Å²) in [5, 5.41) is 16.1. The van der Waals surface area contributed by atoms with Gasteiger partial charge in [-0.3, -0.25) is 4.79 Å². The molecule has 0 atom stereocenters. The number of aromatic carboxylic acids is 1. The molecule has 0 aliphatic carbocycles. The van der Waals surface area contributed by atoms with Gasteiger partial charge in [0.05, 0.1) is 6.54 Å². The van der Waals surface area contributed by atoms with Gasteiger partial charge < -0.3 is 21.1 Å². The van der Waals surface area contributed by atoms with Crippen LogP contribution in [0, 0.1) is 0 Å². The van der Waals surface area contributed by atoms with E-state index in [-0.39, 0.29) is 24.7 Å². The number of hydrogen-bond acceptors (Lipinski definition) is 4. The van der Waals surface area contributed by atoms with E-state index in [0.717, 1.165) is 0 Å². The molecule has 1 aromatic heterocycles. The molecule has 0 radical (unpaired) electrons. The highest BCUT2D eigenvalue weighted by Crippen LogP contribution is 1.99. The number of pyridine rings is 1. The van der Waals surface area contributed by atoms with Crippen LogP contribution >= 0.6 is 0 Å². The van der Waals surface area contributed by atoms with Crippen molar-refractivity contribution >= 4 is 17.9 Å². The van der Waals surface area contributed by atoms with Crippen molar-refractivity contribution in [2.24, 2.45) is 0 Å². The second-order valence-corrected chi connectivity index (χ2v) is 3.85. The van der Waals surface area contributed by atoms with E-state index < -0.39 is 12.0 Å². The molecular weight excluding hydrogens is 264 g/mol. The highest BCUT2D eigenvalue weighted by molar-refractivity contribution is 5.85. The molecule has 0 aromatic carbocycles.